The first kappa shape index (κ1) is 52.2. The summed E-state index contributed by atoms with van der Waals surface area (Å²) in [5.74, 6) is -5.90. The number of esters is 8. The molecule has 0 atom stereocenters. The monoisotopic (exact) mass is 818 g/mol. The van der Waals surface area contributed by atoms with E-state index < -0.39 is 111 Å². The Hall–Kier alpha value is -5.80. The van der Waals surface area contributed by atoms with Crippen molar-refractivity contribution in [2.75, 3.05) is 52.9 Å². The van der Waals surface area contributed by atoms with Crippen LogP contribution in [0.3, 0.4) is 0 Å². The fourth-order valence-electron chi connectivity index (χ4n) is 4.05. The van der Waals surface area contributed by atoms with Crippen LogP contribution in [-0.2, 0) is 76.3 Å². The van der Waals surface area contributed by atoms with E-state index >= 15 is 0 Å². The molecule has 0 aliphatic carbocycles. The van der Waals surface area contributed by atoms with Crippen LogP contribution in [0.25, 0.3) is 0 Å². The molecule has 0 amide bonds. The molecule has 0 saturated carbocycles. The molecule has 0 fully saturated rings. The van der Waals surface area contributed by atoms with Crippen molar-refractivity contribution in [3.63, 3.8) is 0 Å². The zero-order valence-corrected chi connectivity index (χ0v) is 34.7. The van der Waals surface area contributed by atoms with Crippen molar-refractivity contribution in [2.24, 2.45) is 10.8 Å². The van der Waals surface area contributed by atoms with Gasteiger partial charge in [0.2, 0.25) is 0 Å². The molecule has 0 spiro atoms. The zero-order chi connectivity index (χ0) is 44.6. The first-order chi connectivity index (χ1) is 27.0. The van der Waals surface area contributed by atoms with Crippen molar-refractivity contribution in [1.82, 2.24) is 0 Å². The van der Waals surface area contributed by atoms with E-state index in [-0.39, 0.29) is 46.3 Å². The first-order valence-electron chi connectivity index (χ1n) is 18.2. The summed E-state index contributed by atoms with van der Waals surface area (Å²) in [5, 5.41) is 0. The van der Waals surface area contributed by atoms with Gasteiger partial charge in [-0.25, -0.2) is 28.8 Å². The number of unbranched alkanes of at least 4 members (excludes halogenated alkanes) is 3. The number of ether oxygens (including phenoxy) is 8. The molecule has 0 aromatic heterocycles. The van der Waals surface area contributed by atoms with E-state index in [9.17, 15) is 38.4 Å². The smallest absolute Gasteiger partial charge is 0.333 e. The first-order valence-corrected chi connectivity index (χ1v) is 18.2. The number of hydrogen-bond donors (Lipinski definition) is 0. The van der Waals surface area contributed by atoms with Crippen LogP contribution in [0.1, 0.15) is 80.1 Å². The van der Waals surface area contributed by atoms with Crippen molar-refractivity contribution in [2.45, 2.75) is 80.1 Å². The van der Waals surface area contributed by atoms with Gasteiger partial charge in [0.15, 0.2) is 0 Å². The highest BCUT2D eigenvalue weighted by Gasteiger charge is 2.39. The molecule has 16 heteroatoms. The van der Waals surface area contributed by atoms with E-state index in [0.717, 1.165) is 0 Å². The average molecular weight is 819 g/mol. The summed E-state index contributed by atoms with van der Waals surface area (Å²) >= 11 is 0. The number of hydrogen-bond acceptors (Lipinski definition) is 16. The maximum atomic E-state index is 12.8. The normalized spacial score (nSPS) is 10.8. The van der Waals surface area contributed by atoms with E-state index in [1.54, 1.807) is 0 Å². The second-order valence-electron chi connectivity index (χ2n) is 14.4. The summed E-state index contributed by atoms with van der Waals surface area (Å²) < 4.78 is 42.7. The summed E-state index contributed by atoms with van der Waals surface area (Å²) in [4.78, 5) is 98.9. The SMILES string of the molecule is C=C(C)C(=O)OCC(COC(=O)CCCCCCC(=O)OCC(COC(=O)C(=C)C)(COC(=O)C(=C)C)COC(=O)C(=C)C)(COC(=O)C(=C)C)COC(=O)C(=C)C. The van der Waals surface area contributed by atoms with Gasteiger partial charge in [0.1, 0.15) is 63.7 Å². The van der Waals surface area contributed by atoms with Gasteiger partial charge in [-0.05, 0) is 54.4 Å². The van der Waals surface area contributed by atoms with E-state index in [2.05, 4.69) is 39.5 Å². The average Bonchev–Trinajstić information content (AvgIpc) is 3.16. The molecule has 0 aliphatic heterocycles. The van der Waals surface area contributed by atoms with Crippen LogP contribution in [0.2, 0.25) is 0 Å². The second-order valence-corrected chi connectivity index (χ2v) is 14.4. The quantitative estimate of drug-likeness (QED) is 0.0416. The highest BCUT2D eigenvalue weighted by molar-refractivity contribution is 5.89. The van der Waals surface area contributed by atoms with Crippen LogP contribution in [0.15, 0.2) is 72.9 Å². The summed E-state index contributed by atoms with van der Waals surface area (Å²) in [6, 6.07) is 0. The van der Waals surface area contributed by atoms with Gasteiger partial charge in [-0.15, -0.1) is 0 Å². The lowest BCUT2D eigenvalue weighted by Crippen LogP contribution is -2.44. The Morgan fingerprint density at radius 3 is 0.655 bits per heavy atom. The molecular formula is C42H58O16. The van der Waals surface area contributed by atoms with E-state index in [1.807, 2.05) is 0 Å². The summed E-state index contributed by atoms with van der Waals surface area (Å²) in [5.41, 5.74) is -2.50. The van der Waals surface area contributed by atoms with Gasteiger partial charge in [-0.3, -0.25) is 9.59 Å². The van der Waals surface area contributed by atoms with E-state index in [1.165, 1.54) is 41.5 Å². The largest absolute Gasteiger partial charge is 0.465 e. The van der Waals surface area contributed by atoms with Crippen LogP contribution < -0.4 is 0 Å². The number of carbonyl (C=O) groups is 8. The lowest BCUT2D eigenvalue weighted by atomic mass is 9.92. The highest BCUT2D eigenvalue weighted by Crippen LogP contribution is 2.25. The fraction of sp³-hybridized carbons (Fsp3) is 0.524. The van der Waals surface area contributed by atoms with Gasteiger partial charge in [-0.1, -0.05) is 52.3 Å². The van der Waals surface area contributed by atoms with Crippen LogP contribution in [0.5, 0.6) is 0 Å². The van der Waals surface area contributed by atoms with Crippen molar-refractivity contribution < 1.29 is 76.3 Å². The molecule has 16 nitrogen and oxygen atoms in total. The third-order valence-electron chi connectivity index (χ3n) is 7.74. The molecule has 58 heavy (non-hydrogen) atoms. The standard InChI is InChI=1S/C42H58O16/c1-27(2)35(45)53-21-41(22-54-36(46)28(3)4,23-55-37(47)29(5)6)19-51-33(43)17-15-13-14-16-18-34(44)52-20-42(24-56-38(48)30(7)8,25-57-39(49)31(9)10)26-58-40(50)32(11)12/h1,3,5,7,9,11,13-26H2,2,4,6,8,10,12H3. The van der Waals surface area contributed by atoms with E-state index in [0.29, 0.717) is 25.7 Å². The Kier molecular flexibility index (Phi) is 23.6. The summed E-state index contributed by atoms with van der Waals surface area (Å²) in [7, 11) is 0. The van der Waals surface area contributed by atoms with Gasteiger partial charge in [0, 0.05) is 46.3 Å². The Labute approximate surface area is 340 Å². The topological polar surface area (TPSA) is 210 Å². The number of rotatable bonds is 29. The molecule has 0 heterocycles. The third-order valence-corrected chi connectivity index (χ3v) is 7.74. The molecule has 0 aliphatic rings. The molecular weight excluding hydrogens is 760 g/mol. The Morgan fingerprint density at radius 1 is 0.310 bits per heavy atom. The highest BCUT2D eigenvalue weighted by atomic mass is 16.6. The minimum Gasteiger partial charge on any atom is -0.465 e. The molecule has 0 rings (SSSR count). The van der Waals surface area contributed by atoms with Gasteiger partial charge in [0.05, 0.1) is 0 Å². The van der Waals surface area contributed by atoms with Crippen LogP contribution in [0, 0.1) is 10.8 Å². The molecule has 0 radical (unpaired) electrons. The predicted molar refractivity (Wildman–Crippen MR) is 209 cm³/mol. The summed E-state index contributed by atoms with van der Waals surface area (Å²) in [6.07, 6.45) is 1.65. The Bertz CT molecular complexity index is 1350. The molecule has 0 N–H and O–H groups in total. The maximum absolute atomic E-state index is 12.8. The number of carbonyl (C=O) groups excluding carboxylic acids is 8. The Balaban J connectivity index is 5.49. The second kappa shape index (κ2) is 26.2. The maximum Gasteiger partial charge on any atom is 0.333 e. The molecule has 0 bridgehead atoms. The third kappa shape index (κ3) is 21.5. The minimum absolute atomic E-state index is 0.0413. The lowest BCUT2D eigenvalue weighted by Gasteiger charge is -2.31. The van der Waals surface area contributed by atoms with Crippen LogP contribution in [0.4, 0.5) is 0 Å². The van der Waals surface area contributed by atoms with Crippen molar-refractivity contribution in [3.05, 3.63) is 72.9 Å². The molecule has 0 saturated heterocycles. The van der Waals surface area contributed by atoms with Crippen LogP contribution in [-0.4, -0.2) is 101 Å². The van der Waals surface area contributed by atoms with Gasteiger partial charge in [-0.2, -0.15) is 0 Å². The molecule has 0 aromatic rings. The van der Waals surface area contributed by atoms with E-state index in [4.69, 9.17) is 37.9 Å². The zero-order valence-electron chi connectivity index (χ0n) is 34.7. The Morgan fingerprint density at radius 2 is 0.483 bits per heavy atom. The molecule has 0 aromatic carbocycles. The molecule has 322 valence electrons. The van der Waals surface area contributed by atoms with Crippen molar-refractivity contribution >= 4 is 47.8 Å². The molecule has 0 unspecified atom stereocenters. The minimum atomic E-state index is -1.49. The predicted octanol–water partition coefficient (Wildman–Crippen LogP) is 5.10. The van der Waals surface area contributed by atoms with Crippen molar-refractivity contribution in [1.29, 1.82) is 0 Å². The van der Waals surface area contributed by atoms with Gasteiger partial charge >= 0.3 is 47.8 Å². The van der Waals surface area contributed by atoms with Crippen molar-refractivity contribution in [3.8, 4) is 0 Å². The fourth-order valence-corrected chi connectivity index (χ4v) is 4.05. The van der Waals surface area contributed by atoms with Gasteiger partial charge in [0.25, 0.3) is 0 Å². The van der Waals surface area contributed by atoms with Crippen LogP contribution >= 0.6 is 0 Å². The van der Waals surface area contributed by atoms with Gasteiger partial charge < -0.3 is 37.9 Å². The summed E-state index contributed by atoms with van der Waals surface area (Å²) in [6.45, 7) is 26.0. The lowest BCUT2D eigenvalue weighted by molar-refractivity contribution is -0.170.